The predicted molar refractivity (Wildman–Crippen MR) is 68.3 cm³/mol. The number of nitro groups is 1. The van der Waals surface area contributed by atoms with Crippen molar-refractivity contribution in [2.75, 3.05) is 17.2 Å². The maximum absolute atomic E-state index is 10.7. The standard InChI is InChI=1S/C11H17N5O2/c1-7-3-4-8(2)15(6-7)11-13-5-9(16(17)18)10(12)14-11/h5,7-8H,3-4,6H2,1-2H3,(H2,12,13,14). The fourth-order valence-corrected chi connectivity index (χ4v) is 2.23. The van der Waals surface area contributed by atoms with Gasteiger partial charge in [-0.1, -0.05) is 6.92 Å². The van der Waals surface area contributed by atoms with Crippen molar-refractivity contribution in [3.05, 3.63) is 16.3 Å². The lowest BCUT2D eigenvalue weighted by Crippen LogP contribution is -2.42. The van der Waals surface area contributed by atoms with Crippen LogP contribution in [-0.4, -0.2) is 27.5 Å². The van der Waals surface area contributed by atoms with Crippen molar-refractivity contribution in [2.24, 2.45) is 5.92 Å². The Bertz CT molecular complexity index is 465. The number of rotatable bonds is 2. The molecule has 0 saturated carbocycles. The number of piperidine rings is 1. The fraction of sp³-hybridized carbons (Fsp3) is 0.636. The maximum Gasteiger partial charge on any atom is 0.329 e. The Morgan fingerprint density at radius 2 is 2.22 bits per heavy atom. The Morgan fingerprint density at radius 1 is 1.50 bits per heavy atom. The largest absolute Gasteiger partial charge is 0.378 e. The molecule has 1 aliphatic heterocycles. The quantitative estimate of drug-likeness (QED) is 0.633. The summed E-state index contributed by atoms with van der Waals surface area (Å²) in [5.41, 5.74) is 5.35. The van der Waals surface area contributed by atoms with Crippen LogP contribution in [0.1, 0.15) is 26.7 Å². The van der Waals surface area contributed by atoms with Crippen LogP contribution in [0.5, 0.6) is 0 Å². The van der Waals surface area contributed by atoms with Crippen LogP contribution in [0.2, 0.25) is 0 Å². The van der Waals surface area contributed by atoms with Gasteiger partial charge in [-0.15, -0.1) is 0 Å². The lowest BCUT2D eigenvalue weighted by atomic mass is 9.95. The average Bonchev–Trinajstić information content (AvgIpc) is 2.31. The summed E-state index contributed by atoms with van der Waals surface area (Å²) >= 11 is 0. The first-order chi connectivity index (χ1) is 8.49. The summed E-state index contributed by atoms with van der Waals surface area (Å²) in [5, 5.41) is 10.7. The highest BCUT2D eigenvalue weighted by atomic mass is 16.6. The zero-order chi connectivity index (χ0) is 13.3. The van der Waals surface area contributed by atoms with Crippen molar-refractivity contribution >= 4 is 17.5 Å². The molecule has 0 spiro atoms. The maximum atomic E-state index is 10.7. The molecule has 2 rings (SSSR count). The zero-order valence-electron chi connectivity index (χ0n) is 10.5. The number of nitrogen functional groups attached to an aromatic ring is 1. The topological polar surface area (TPSA) is 98.2 Å². The molecule has 18 heavy (non-hydrogen) atoms. The van der Waals surface area contributed by atoms with E-state index in [2.05, 4.69) is 28.7 Å². The molecule has 7 nitrogen and oxygen atoms in total. The van der Waals surface area contributed by atoms with Crippen molar-refractivity contribution < 1.29 is 4.92 Å². The van der Waals surface area contributed by atoms with E-state index in [4.69, 9.17) is 5.73 Å². The summed E-state index contributed by atoms with van der Waals surface area (Å²) in [6, 6.07) is 0.335. The number of aromatic nitrogens is 2. The Balaban J connectivity index is 2.28. The van der Waals surface area contributed by atoms with Crippen LogP contribution >= 0.6 is 0 Å². The Hall–Kier alpha value is -1.92. The molecule has 2 heterocycles. The van der Waals surface area contributed by atoms with Crippen LogP contribution < -0.4 is 10.6 Å². The normalized spacial score (nSPS) is 24.0. The molecule has 1 saturated heterocycles. The summed E-state index contributed by atoms with van der Waals surface area (Å²) in [5.74, 6) is 0.980. The van der Waals surface area contributed by atoms with E-state index in [-0.39, 0.29) is 11.5 Å². The molecule has 7 heteroatoms. The average molecular weight is 251 g/mol. The monoisotopic (exact) mass is 251 g/mol. The molecule has 0 aliphatic carbocycles. The van der Waals surface area contributed by atoms with E-state index in [0.29, 0.717) is 17.9 Å². The second-order valence-corrected chi connectivity index (χ2v) is 4.88. The molecule has 98 valence electrons. The minimum absolute atomic E-state index is 0.0737. The molecule has 0 amide bonds. The molecule has 1 aromatic heterocycles. The fourth-order valence-electron chi connectivity index (χ4n) is 2.23. The van der Waals surface area contributed by atoms with Crippen molar-refractivity contribution in [2.45, 2.75) is 32.7 Å². The van der Waals surface area contributed by atoms with E-state index >= 15 is 0 Å². The minimum atomic E-state index is -0.568. The first kappa shape index (κ1) is 12.5. The summed E-state index contributed by atoms with van der Waals surface area (Å²) in [7, 11) is 0. The lowest BCUT2D eigenvalue weighted by molar-refractivity contribution is -0.384. The van der Waals surface area contributed by atoms with Gasteiger partial charge in [0, 0.05) is 12.6 Å². The second-order valence-electron chi connectivity index (χ2n) is 4.88. The number of nitrogens with zero attached hydrogens (tertiary/aromatic N) is 4. The molecular formula is C11H17N5O2. The summed E-state index contributed by atoms with van der Waals surface area (Å²) in [4.78, 5) is 20.3. The van der Waals surface area contributed by atoms with Crippen molar-refractivity contribution in [3.63, 3.8) is 0 Å². The lowest BCUT2D eigenvalue weighted by Gasteiger charge is -2.36. The van der Waals surface area contributed by atoms with Gasteiger partial charge in [-0.3, -0.25) is 10.1 Å². The Labute approximate surface area is 105 Å². The number of hydrogen-bond donors (Lipinski definition) is 1. The highest BCUT2D eigenvalue weighted by Crippen LogP contribution is 2.27. The second kappa shape index (κ2) is 4.75. The third kappa shape index (κ3) is 2.34. The van der Waals surface area contributed by atoms with Crippen molar-refractivity contribution in [1.29, 1.82) is 0 Å². The summed E-state index contributed by atoms with van der Waals surface area (Å²) in [6.45, 7) is 5.14. The molecule has 0 radical (unpaired) electrons. The molecule has 2 atom stereocenters. The first-order valence-electron chi connectivity index (χ1n) is 6.02. The third-order valence-corrected chi connectivity index (χ3v) is 3.36. The van der Waals surface area contributed by atoms with Gasteiger partial charge in [0.2, 0.25) is 11.8 Å². The highest BCUT2D eigenvalue weighted by molar-refractivity contribution is 5.54. The van der Waals surface area contributed by atoms with Crippen LogP contribution in [0.25, 0.3) is 0 Å². The number of hydrogen-bond acceptors (Lipinski definition) is 6. The van der Waals surface area contributed by atoms with E-state index in [1.54, 1.807) is 0 Å². The number of anilines is 2. The van der Waals surface area contributed by atoms with Crippen LogP contribution in [0.3, 0.4) is 0 Å². The summed E-state index contributed by atoms with van der Waals surface area (Å²) in [6.07, 6.45) is 3.44. The zero-order valence-corrected chi connectivity index (χ0v) is 10.5. The molecule has 0 aromatic carbocycles. The SMILES string of the molecule is CC1CCC(C)N(c2ncc([N+](=O)[O-])c(N)n2)C1. The van der Waals surface area contributed by atoms with Gasteiger partial charge in [-0.25, -0.2) is 4.98 Å². The predicted octanol–water partition coefficient (Wildman–Crippen LogP) is 1.59. The van der Waals surface area contributed by atoms with Crippen LogP contribution in [0.15, 0.2) is 6.20 Å². The van der Waals surface area contributed by atoms with Gasteiger partial charge in [0.15, 0.2) is 0 Å². The third-order valence-electron chi connectivity index (χ3n) is 3.36. The minimum Gasteiger partial charge on any atom is -0.378 e. The van der Waals surface area contributed by atoms with E-state index in [1.165, 1.54) is 12.6 Å². The van der Waals surface area contributed by atoms with Gasteiger partial charge in [-0.05, 0) is 25.7 Å². The van der Waals surface area contributed by atoms with Gasteiger partial charge in [0.1, 0.15) is 6.20 Å². The molecule has 1 fully saturated rings. The van der Waals surface area contributed by atoms with Gasteiger partial charge < -0.3 is 10.6 Å². The molecule has 2 unspecified atom stereocenters. The van der Waals surface area contributed by atoms with E-state index in [9.17, 15) is 10.1 Å². The van der Waals surface area contributed by atoms with Gasteiger partial charge in [0.05, 0.1) is 4.92 Å². The molecule has 1 aromatic rings. The van der Waals surface area contributed by atoms with Gasteiger partial charge in [-0.2, -0.15) is 4.98 Å². The summed E-state index contributed by atoms with van der Waals surface area (Å²) < 4.78 is 0. The van der Waals surface area contributed by atoms with E-state index < -0.39 is 4.92 Å². The van der Waals surface area contributed by atoms with E-state index in [0.717, 1.165) is 13.0 Å². The Morgan fingerprint density at radius 3 is 2.83 bits per heavy atom. The van der Waals surface area contributed by atoms with Crippen LogP contribution in [-0.2, 0) is 0 Å². The van der Waals surface area contributed by atoms with Crippen LogP contribution in [0.4, 0.5) is 17.5 Å². The van der Waals surface area contributed by atoms with Gasteiger partial charge in [0.25, 0.3) is 0 Å². The molecule has 0 bridgehead atoms. The van der Waals surface area contributed by atoms with Gasteiger partial charge >= 0.3 is 5.69 Å². The van der Waals surface area contributed by atoms with Crippen molar-refractivity contribution in [1.82, 2.24) is 9.97 Å². The highest BCUT2D eigenvalue weighted by Gasteiger charge is 2.26. The van der Waals surface area contributed by atoms with E-state index in [1.807, 2.05) is 0 Å². The molecular weight excluding hydrogens is 234 g/mol. The molecule has 2 N–H and O–H groups in total. The first-order valence-corrected chi connectivity index (χ1v) is 6.02. The van der Waals surface area contributed by atoms with Crippen LogP contribution in [0, 0.1) is 16.0 Å². The van der Waals surface area contributed by atoms with Crippen molar-refractivity contribution in [3.8, 4) is 0 Å². The number of nitrogens with two attached hydrogens (primary N) is 1. The molecule has 1 aliphatic rings. The Kier molecular flexibility index (Phi) is 3.31. The smallest absolute Gasteiger partial charge is 0.329 e.